The molecule has 1 aliphatic heterocycles. The average molecular weight is 364 g/mol. The van der Waals surface area contributed by atoms with Crippen LogP contribution in [0.3, 0.4) is 0 Å². The lowest BCUT2D eigenvalue weighted by Gasteiger charge is -2.25. The second-order valence-corrected chi connectivity index (χ2v) is 6.74. The van der Waals surface area contributed by atoms with Crippen molar-refractivity contribution < 1.29 is 9.18 Å². The van der Waals surface area contributed by atoms with Crippen LogP contribution in [-0.4, -0.2) is 27.3 Å². The molecule has 27 heavy (non-hydrogen) atoms. The van der Waals surface area contributed by atoms with Crippen molar-refractivity contribution in [3.05, 3.63) is 83.9 Å². The average Bonchev–Trinajstić information content (AvgIpc) is 3.34. The first-order chi connectivity index (χ1) is 13.2. The number of halogens is 1. The Kier molecular flexibility index (Phi) is 4.87. The number of benzene rings is 2. The highest BCUT2D eigenvalue weighted by molar-refractivity contribution is 5.89. The monoisotopic (exact) mass is 364 g/mol. The van der Waals surface area contributed by atoms with Crippen LogP contribution in [0.5, 0.6) is 0 Å². The molecule has 5 nitrogen and oxygen atoms in total. The Morgan fingerprint density at radius 1 is 1.19 bits per heavy atom. The SMILES string of the molecule is O=C(Nc1cccc(Cn2cccn2)c1)N1CCC[C@H]1c1ccc(F)cc1. The highest BCUT2D eigenvalue weighted by atomic mass is 19.1. The van der Waals surface area contributed by atoms with Gasteiger partial charge in [-0.15, -0.1) is 0 Å². The van der Waals surface area contributed by atoms with E-state index in [-0.39, 0.29) is 17.9 Å². The first-order valence-electron chi connectivity index (χ1n) is 9.08. The summed E-state index contributed by atoms with van der Waals surface area (Å²) in [5.41, 5.74) is 2.79. The maximum Gasteiger partial charge on any atom is 0.322 e. The molecule has 0 radical (unpaired) electrons. The van der Waals surface area contributed by atoms with Crippen LogP contribution in [0.1, 0.15) is 30.0 Å². The van der Waals surface area contributed by atoms with Gasteiger partial charge in [0.2, 0.25) is 0 Å². The van der Waals surface area contributed by atoms with Crippen LogP contribution in [0.2, 0.25) is 0 Å². The summed E-state index contributed by atoms with van der Waals surface area (Å²) in [7, 11) is 0. The van der Waals surface area contributed by atoms with Gasteiger partial charge in [0.15, 0.2) is 0 Å². The van der Waals surface area contributed by atoms with Crippen LogP contribution in [0.15, 0.2) is 67.0 Å². The lowest BCUT2D eigenvalue weighted by atomic mass is 10.0. The summed E-state index contributed by atoms with van der Waals surface area (Å²) >= 11 is 0. The summed E-state index contributed by atoms with van der Waals surface area (Å²) in [5, 5.41) is 7.21. The molecule has 1 N–H and O–H groups in total. The number of urea groups is 1. The number of nitrogens with one attached hydrogen (secondary N) is 1. The van der Waals surface area contributed by atoms with Gasteiger partial charge in [-0.3, -0.25) is 4.68 Å². The molecular weight excluding hydrogens is 343 g/mol. The minimum atomic E-state index is -0.262. The van der Waals surface area contributed by atoms with Crippen LogP contribution < -0.4 is 5.32 Å². The van der Waals surface area contributed by atoms with Crippen molar-refractivity contribution >= 4 is 11.7 Å². The molecule has 1 aromatic heterocycles. The third-order valence-electron chi connectivity index (χ3n) is 4.85. The van der Waals surface area contributed by atoms with Gasteiger partial charge in [-0.1, -0.05) is 24.3 Å². The molecule has 3 aromatic rings. The van der Waals surface area contributed by atoms with Crippen molar-refractivity contribution in [1.29, 1.82) is 0 Å². The van der Waals surface area contributed by atoms with Gasteiger partial charge < -0.3 is 10.2 Å². The molecule has 2 aromatic carbocycles. The van der Waals surface area contributed by atoms with Crippen LogP contribution in [0.4, 0.5) is 14.9 Å². The molecule has 0 bridgehead atoms. The number of carbonyl (C=O) groups is 1. The standard InChI is InChI=1S/C21H21FN4O/c22-18-9-7-17(8-10-18)20-6-2-13-26(20)21(27)24-19-5-1-4-16(14-19)15-25-12-3-11-23-25/h1,3-5,7-12,14,20H,2,6,13,15H2,(H,24,27)/t20-/m0/s1. The van der Waals surface area contributed by atoms with E-state index in [2.05, 4.69) is 10.4 Å². The Balaban J connectivity index is 1.46. The van der Waals surface area contributed by atoms with Gasteiger partial charge in [0, 0.05) is 24.6 Å². The summed E-state index contributed by atoms with van der Waals surface area (Å²) in [6.45, 7) is 1.35. The van der Waals surface area contributed by atoms with Crippen molar-refractivity contribution in [3.8, 4) is 0 Å². The lowest BCUT2D eigenvalue weighted by Crippen LogP contribution is -2.34. The molecule has 0 saturated carbocycles. The smallest absolute Gasteiger partial charge is 0.317 e. The number of aromatic nitrogens is 2. The molecule has 0 unspecified atom stereocenters. The fraction of sp³-hybridized carbons (Fsp3) is 0.238. The second-order valence-electron chi connectivity index (χ2n) is 6.74. The summed E-state index contributed by atoms with van der Waals surface area (Å²) in [6.07, 6.45) is 5.48. The molecule has 1 atom stereocenters. The Hall–Kier alpha value is -3.15. The number of carbonyl (C=O) groups excluding carboxylic acids is 1. The first-order valence-corrected chi connectivity index (χ1v) is 9.08. The Morgan fingerprint density at radius 2 is 2.04 bits per heavy atom. The highest BCUT2D eigenvalue weighted by Gasteiger charge is 2.30. The fourth-order valence-corrected chi connectivity index (χ4v) is 3.57. The lowest BCUT2D eigenvalue weighted by molar-refractivity contribution is 0.207. The van der Waals surface area contributed by atoms with E-state index in [9.17, 15) is 9.18 Å². The van der Waals surface area contributed by atoms with Gasteiger partial charge in [0.25, 0.3) is 0 Å². The summed E-state index contributed by atoms with van der Waals surface area (Å²) in [4.78, 5) is 14.6. The molecule has 6 heteroatoms. The normalized spacial score (nSPS) is 16.5. The number of hydrogen-bond acceptors (Lipinski definition) is 2. The summed E-state index contributed by atoms with van der Waals surface area (Å²) in [5.74, 6) is -0.262. The summed E-state index contributed by atoms with van der Waals surface area (Å²) < 4.78 is 15.0. The van der Waals surface area contributed by atoms with E-state index in [1.54, 1.807) is 18.3 Å². The number of hydrogen-bond donors (Lipinski definition) is 1. The number of rotatable bonds is 4. The van der Waals surface area contributed by atoms with Crippen LogP contribution in [0, 0.1) is 5.82 Å². The Bertz CT molecular complexity index is 908. The van der Waals surface area contributed by atoms with Gasteiger partial charge in [0.05, 0.1) is 12.6 Å². The van der Waals surface area contributed by atoms with Crippen molar-refractivity contribution in [2.45, 2.75) is 25.4 Å². The van der Waals surface area contributed by atoms with E-state index in [0.29, 0.717) is 13.1 Å². The predicted octanol–water partition coefficient (Wildman–Crippen LogP) is 4.44. The number of likely N-dealkylation sites (tertiary alicyclic amines) is 1. The van der Waals surface area contributed by atoms with Crippen LogP contribution in [-0.2, 0) is 6.54 Å². The molecule has 1 aliphatic rings. The molecule has 2 heterocycles. The van der Waals surface area contributed by atoms with Crippen LogP contribution in [0.25, 0.3) is 0 Å². The zero-order valence-electron chi connectivity index (χ0n) is 14.9. The van der Waals surface area contributed by atoms with Crippen molar-refractivity contribution in [2.24, 2.45) is 0 Å². The van der Waals surface area contributed by atoms with Crippen molar-refractivity contribution in [1.82, 2.24) is 14.7 Å². The molecule has 0 aliphatic carbocycles. The zero-order chi connectivity index (χ0) is 18.6. The molecule has 1 fully saturated rings. The van der Waals surface area contributed by atoms with Gasteiger partial charge in [-0.25, -0.2) is 9.18 Å². The minimum absolute atomic E-state index is 0.0159. The number of nitrogens with zero attached hydrogens (tertiary/aromatic N) is 3. The quantitative estimate of drug-likeness (QED) is 0.744. The van der Waals surface area contributed by atoms with E-state index in [1.807, 2.05) is 46.1 Å². The van der Waals surface area contributed by atoms with Crippen molar-refractivity contribution in [3.63, 3.8) is 0 Å². The Labute approximate surface area is 157 Å². The van der Waals surface area contributed by atoms with Crippen LogP contribution >= 0.6 is 0 Å². The topological polar surface area (TPSA) is 50.2 Å². The van der Waals surface area contributed by atoms with E-state index in [0.717, 1.165) is 29.7 Å². The third-order valence-corrected chi connectivity index (χ3v) is 4.85. The molecule has 1 saturated heterocycles. The minimum Gasteiger partial charge on any atom is -0.317 e. The van der Waals surface area contributed by atoms with Gasteiger partial charge in [0.1, 0.15) is 5.82 Å². The third kappa shape index (κ3) is 4.00. The fourth-order valence-electron chi connectivity index (χ4n) is 3.57. The molecular formula is C21H21FN4O. The van der Waals surface area contributed by atoms with E-state index >= 15 is 0 Å². The maximum absolute atomic E-state index is 13.2. The van der Waals surface area contributed by atoms with E-state index in [4.69, 9.17) is 0 Å². The maximum atomic E-state index is 13.2. The summed E-state index contributed by atoms with van der Waals surface area (Å²) in [6, 6.07) is 15.9. The Morgan fingerprint density at radius 3 is 2.81 bits per heavy atom. The molecule has 138 valence electrons. The molecule has 2 amide bonds. The largest absolute Gasteiger partial charge is 0.322 e. The van der Waals surface area contributed by atoms with E-state index < -0.39 is 0 Å². The zero-order valence-corrected chi connectivity index (χ0v) is 14.9. The number of anilines is 1. The first kappa shape index (κ1) is 17.3. The van der Waals surface area contributed by atoms with E-state index in [1.165, 1.54) is 12.1 Å². The highest BCUT2D eigenvalue weighted by Crippen LogP contribution is 2.32. The van der Waals surface area contributed by atoms with Crippen molar-refractivity contribution in [2.75, 3.05) is 11.9 Å². The predicted molar refractivity (Wildman–Crippen MR) is 102 cm³/mol. The molecule has 0 spiro atoms. The van der Waals surface area contributed by atoms with Gasteiger partial charge >= 0.3 is 6.03 Å². The number of amides is 2. The molecule has 4 rings (SSSR count). The van der Waals surface area contributed by atoms with Gasteiger partial charge in [-0.2, -0.15) is 5.10 Å². The van der Waals surface area contributed by atoms with Gasteiger partial charge in [-0.05, 0) is 54.3 Å². The second kappa shape index (κ2) is 7.61.